The van der Waals surface area contributed by atoms with Crippen LogP contribution in [0.1, 0.15) is 19.4 Å². The SMILES string of the molecule is CCOC(=O)C(C)N1C(=O)S/C(=C\c2cn(CC(=O)OC)c3ccccc23)C1=O. The van der Waals surface area contributed by atoms with Crippen molar-refractivity contribution in [3.05, 3.63) is 40.9 Å². The van der Waals surface area contributed by atoms with Crippen molar-refractivity contribution < 1.29 is 28.7 Å². The van der Waals surface area contributed by atoms with Crippen LogP contribution in [0.3, 0.4) is 0 Å². The second-order valence-corrected chi connectivity index (χ2v) is 7.28. The zero-order valence-corrected chi connectivity index (χ0v) is 17.0. The number of nitrogens with zero attached hydrogens (tertiary/aromatic N) is 2. The molecule has 29 heavy (non-hydrogen) atoms. The standard InChI is InChI=1S/C20H20N2O6S/c1-4-28-19(25)12(2)22-18(24)16(29-20(22)26)9-13-10-21(11-17(23)27-3)15-8-6-5-7-14(13)15/h5-10,12H,4,11H2,1-3H3/b16-9-. The number of aromatic nitrogens is 1. The highest BCUT2D eigenvalue weighted by molar-refractivity contribution is 8.18. The van der Waals surface area contributed by atoms with Crippen molar-refractivity contribution >= 4 is 51.8 Å². The highest BCUT2D eigenvalue weighted by atomic mass is 32.2. The molecule has 1 fully saturated rings. The number of fused-ring (bicyclic) bond motifs is 1. The van der Waals surface area contributed by atoms with Gasteiger partial charge in [-0.25, -0.2) is 4.79 Å². The molecular formula is C20H20N2O6S. The van der Waals surface area contributed by atoms with Crippen molar-refractivity contribution in [1.29, 1.82) is 0 Å². The summed E-state index contributed by atoms with van der Waals surface area (Å²) in [4.78, 5) is 49.9. The third-order valence-corrected chi connectivity index (χ3v) is 5.36. The van der Waals surface area contributed by atoms with E-state index < -0.39 is 29.1 Å². The van der Waals surface area contributed by atoms with Crippen molar-refractivity contribution in [2.24, 2.45) is 0 Å². The molecule has 3 rings (SSSR count). The summed E-state index contributed by atoms with van der Waals surface area (Å²) in [6.07, 6.45) is 3.32. The maximum atomic E-state index is 12.8. The van der Waals surface area contributed by atoms with Gasteiger partial charge in [0.1, 0.15) is 12.6 Å². The molecule has 0 aliphatic carbocycles. The summed E-state index contributed by atoms with van der Waals surface area (Å²) in [6, 6.07) is 6.39. The van der Waals surface area contributed by atoms with E-state index in [1.165, 1.54) is 14.0 Å². The molecule has 0 saturated carbocycles. The van der Waals surface area contributed by atoms with E-state index in [4.69, 9.17) is 9.47 Å². The Kier molecular flexibility index (Phi) is 6.07. The Morgan fingerprint density at radius 2 is 1.97 bits per heavy atom. The number of ether oxygens (including phenoxy) is 2. The zero-order valence-electron chi connectivity index (χ0n) is 16.2. The minimum atomic E-state index is -1.01. The molecule has 1 saturated heterocycles. The first-order valence-electron chi connectivity index (χ1n) is 8.95. The highest BCUT2D eigenvalue weighted by Gasteiger charge is 2.41. The Bertz CT molecular complexity index is 1030. The topological polar surface area (TPSA) is 94.9 Å². The lowest BCUT2D eigenvalue weighted by Crippen LogP contribution is -2.42. The number of para-hydroxylation sites is 1. The van der Waals surface area contributed by atoms with Crippen LogP contribution in [0.15, 0.2) is 35.4 Å². The summed E-state index contributed by atoms with van der Waals surface area (Å²) in [5.41, 5.74) is 1.47. The first-order valence-corrected chi connectivity index (χ1v) is 9.77. The fourth-order valence-electron chi connectivity index (χ4n) is 3.05. The van der Waals surface area contributed by atoms with Crippen molar-refractivity contribution in [2.75, 3.05) is 13.7 Å². The second-order valence-electron chi connectivity index (χ2n) is 6.29. The van der Waals surface area contributed by atoms with E-state index in [1.807, 2.05) is 24.3 Å². The van der Waals surface area contributed by atoms with E-state index in [2.05, 4.69) is 0 Å². The van der Waals surface area contributed by atoms with Gasteiger partial charge in [-0.3, -0.25) is 19.3 Å². The van der Waals surface area contributed by atoms with Crippen LogP contribution in [0.25, 0.3) is 17.0 Å². The van der Waals surface area contributed by atoms with Crippen LogP contribution < -0.4 is 0 Å². The molecule has 0 bridgehead atoms. The molecule has 152 valence electrons. The van der Waals surface area contributed by atoms with Gasteiger partial charge in [-0.2, -0.15) is 0 Å². The van der Waals surface area contributed by atoms with E-state index in [1.54, 1.807) is 23.8 Å². The normalized spacial score (nSPS) is 16.5. The number of hydrogen-bond acceptors (Lipinski definition) is 7. The van der Waals surface area contributed by atoms with Gasteiger partial charge in [-0.05, 0) is 37.8 Å². The van der Waals surface area contributed by atoms with Crippen molar-refractivity contribution in [2.45, 2.75) is 26.4 Å². The Morgan fingerprint density at radius 1 is 1.24 bits per heavy atom. The number of carbonyl (C=O) groups is 4. The van der Waals surface area contributed by atoms with E-state index in [9.17, 15) is 19.2 Å². The van der Waals surface area contributed by atoms with Gasteiger partial charge in [0.15, 0.2) is 0 Å². The summed E-state index contributed by atoms with van der Waals surface area (Å²) in [5.74, 6) is -1.59. The van der Waals surface area contributed by atoms with Crippen LogP contribution in [0.5, 0.6) is 0 Å². The molecule has 8 nitrogen and oxygen atoms in total. The van der Waals surface area contributed by atoms with Crippen molar-refractivity contribution in [3.63, 3.8) is 0 Å². The molecule has 1 aliphatic rings. The highest BCUT2D eigenvalue weighted by Crippen LogP contribution is 2.35. The van der Waals surface area contributed by atoms with Crippen molar-refractivity contribution in [1.82, 2.24) is 9.47 Å². The summed E-state index contributed by atoms with van der Waals surface area (Å²) in [5, 5.41) is 0.293. The van der Waals surface area contributed by atoms with Crippen molar-refractivity contribution in [3.8, 4) is 0 Å². The van der Waals surface area contributed by atoms with Crippen LogP contribution in [0.4, 0.5) is 4.79 Å². The third kappa shape index (κ3) is 4.04. The van der Waals surface area contributed by atoms with Gasteiger partial charge in [-0.1, -0.05) is 18.2 Å². The Labute approximate surface area is 171 Å². The predicted octanol–water partition coefficient (Wildman–Crippen LogP) is 2.80. The summed E-state index contributed by atoms with van der Waals surface area (Å²) in [7, 11) is 1.32. The number of amides is 2. The molecule has 2 amide bonds. The quantitative estimate of drug-likeness (QED) is 0.528. The first-order chi connectivity index (χ1) is 13.9. The van der Waals surface area contributed by atoms with Gasteiger partial charge in [0.25, 0.3) is 11.1 Å². The molecule has 2 heterocycles. The van der Waals surface area contributed by atoms with E-state index >= 15 is 0 Å². The van der Waals surface area contributed by atoms with Gasteiger partial charge >= 0.3 is 11.9 Å². The number of imide groups is 1. The van der Waals surface area contributed by atoms with Crippen LogP contribution in [-0.4, -0.2) is 52.3 Å². The maximum Gasteiger partial charge on any atom is 0.329 e. The molecule has 0 spiro atoms. The molecule has 9 heteroatoms. The minimum Gasteiger partial charge on any atom is -0.468 e. The van der Waals surface area contributed by atoms with Gasteiger partial charge in [-0.15, -0.1) is 0 Å². The lowest BCUT2D eigenvalue weighted by molar-refractivity contribution is -0.150. The van der Waals surface area contributed by atoms with Gasteiger partial charge in [0.05, 0.1) is 18.6 Å². The Morgan fingerprint density at radius 3 is 2.66 bits per heavy atom. The number of esters is 2. The van der Waals surface area contributed by atoms with E-state index in [0.29, 0.717) is 5.56 Å². The van der Waals surface area contributed by atoms with Gasteiger partial charge in [0.2, 0.25) is 0 Å². The maximum absolute atomic E-state index is 12.8. The average Bonchev–Trinajstić information content (AvgIpc) is 3.18. The fourth-order valence-corrected chi connectivity index (χ4v) is 3.95. The monoisotopic (exact) mass is 416 g/mol. The van der Waals surface area contributed by atoms with Gasteiger partial charge in [0, 0.05) is 22.7 Å². The Hall–Kier alpha value is -3.07. The lowest BCUT2D eigenvalue weighted by Gasteiger charge is -2.19. The molecule has 1 aliphatic heterocycles. The fraction of sp³-hybridized carbons (Fsp3) is 0.300. The molecule has 2 aromatic rings. The number of thioether (sulfide) groups is 1. The summed E-state index contributed by atoms with van der Waals surface area (Å²) < 4.78 is 11.4. The zero-order chi connectivity index (χ0) is 21.1. The minimum absolute atomic E-state index is 0.0201. The summed E-state index contributed by atoms with van der Waals surface area (Å²) in [6.45, 7) is 3.29. The van der Waals surface area contributed by atoms with Crippen LogP contribution in [0, 0.1) is 0 Å². The number of methoxy groups -OCH3 is 1. The largest absolute Gasteiger partial charge is 0.468 e. The predicted molar refractivity (Wildman–Crippen MR) is 108 cm³/mol. The average molecular weight is 416 g/mol. The van der Waals surface area contributed by atoms with E-state index in [-0.39, 0.29) is 18.1 Å². The van der Waals surface area contributed by atoms with Crippen LogP contribution in [-0.2, 0) is 30.4 Å². The second kappa shape index (κ2) is 8.52. The lowest BCUT2D eigenvalue weighted by atomic mass is 10.1. The van der Waals surface area contributed by atoms with Crippen LogP contribution in [0.2, 0.25) is 0 Å². The molecule has 1 atom stereocenters. The van der Waals surface area contributed by atoms with Crippen LogP contribution >= 0.6 is 11.8 Å². The Balaban J connectivity index is 1.95. The van der Waals surface area contributed by atoms with E-state index in [0.717, 1.165) is 27.6 Å². The number of carbonyl (C=O) groups excluding carboxylic acids is 4. The number of hydrogen-bond donors (Lipinski definition) is 0. The number of benzene rings is 1. The first kappa shape index (κ1) is 20.7. The molecular weight excluding hydrogens is 396 g/mol. The molecule has 1 aromatic carbocycles. The molecule has 1 unspecified atom stereocenters. The summed E-state index contributed by atoms with van der Waals surface area (Å²) >= 11 is 0.767. The molecule has 0 radical (unpaired) electrons. The molecule has 1 aromatic heterocycles. The van der Waals surface area contributed by atoms with Gasteiger partial charge < -0.3 is 14.0 Å². The molecule has 0 N–H and O–H groups in total. The number of rotatable bonds is 6. The smallest absolute Gasteiger partial charge is 0.329 e. The third-order valence-electron chi connectivity index (χ3n) is 4.47.